The molecule has 1 fully saturated rings. The van der Waals surface area contributed by atoms with Crippen LogP contribution in [0.25, 0.3) is 0 Å². The standard InChI is InChI=1S/C11H19NO/c1-2-3-5-8-12-10-11-7-4-6-9-13-11/h11-12H,4-10H2,1H3. The minimum atomic E-state index is 0.448. The van der Waals surface area contributed by atoms with Crippen molar-refractivity contribution in [1.29, 1.82) is 0 Å². The molecule has 2 heteroatoms. The predicted molar refractivity (Wildman–Crippen MR) is 54.5 cm³/mol. The summed E-state index contributed by atoms with van der Waals surface area (Å²) >= 11 is 0. The first-order chi connectivity index (χ1) is 6.43. The van der Waals surface area contributed by atoms with Crippen LogP contribution in [0.3, 0.4) is 0 Å². The molecule has 0 aromatic carbocycles. The van der Waals surface area contributed by atoms with Crippen molar-refractivity contribution in [3.8, 4) is 11.8 Å². The fraction of sp³-hybridized carbons (Fsp3) is 0.818. The zero-order valence-corrected chi connectivity index (χ0v) is 8.44. The van der Waals surface area contributed by atoms with Crippen LogP contribution in [0.4, 0.5) is 0 Å². The normalized spacial score (nSPS) is 22.1. The molecule has 0 aliphatic carbocycles. The number of nitrogens with one attached hydrogen (secondary N) is 1. The molecule has 0 aromatic heterocycles. The van der Waals surface area contributed by atoms with Crippen LogP contribution in [-0.4, -0.2) is 25.8 Å². The lowest BCUT2D eigenvalue weighted by Gasteiger charge is -2.22. The molecule has 13 heavy (non-hydrogen) atoms. The number of hydrogen-bond acceptors (Lipinski definition) is 2. The van der Waals surface area contributed by atoms with Crippen molar-refractivity contribution >= 4 is 0 Å². The summed E-state index contributed by atoms with van der Waals surface area (Å²) in [6, 6.07) is 0. The zero-order chi connectivity index (χ0) is 9.36. The van der Waals surface area contributed by atoms with Crippen molar-refractivity contribution in [2.75, 3.05) is 19.7 Å². The summed E-state index contributed by atoms with van der Waals surface area (Å²) in [6.45, 7) is 4.80. The molecular weight excluding hydrogens is 162 g/mol. The molecular formula is C11H19NO. The lowest BCUT2D eigenvalue weighted by molar-refractivity contribution is 0.0171. The monoisotopic (exact) mass is 181 g/mol. The van der Waals surface area contributed by atoms with E-state index in [2.05, 4.69) is 17.2 Å². The molecule has 0 radical (unpaired) electrons. The summed E-state index contributed by atoms with van der Waals surface area (Å²) in [5, 5.41) is 3.36. The maximum Gasteiger partial charge on any atom is 0.0699 e. The highest BCUT2D eigenvalue weighted by Gasteiger charge is 2.12. The first-order valence-electron chi connectivity index (χ1n) is 5.15. The van der Waals surface area contributed by atoms with Crippen LogP contribution in [0, 0.1) is 11.8 Å². The Balaban J connectivity index is 1.94. The molecule has 0 aromatic rings. The highest BCUT2D eigenvalue weighted by molar-refractivity contribution is 4.95. The van der Waals surface area contributed by atoms with E-state index >= 15 is 0 Å². The fourth-order valence-corrected chi connectivity index (χ4v) is 1.51. The van der Waals surface area contributed by atoms with Crippen molar-refractivity contribution in [2.24, 2.45) is 0 Å². The number of ether oxygens (including phenoxy) is 1. The van der Waals surface area contributed by atoms with Gasteiger partial charge in [-0.05, 0) is 26.2 Å². The van der Waals surface area contributed by atoms with Gasteiger partial charge < -0.3 is 10.1 Å². The first kappa shape index (κ1) is 10.6. The van der Waals surface area contributed by atoms with Gasteiger partial charge in [0.05, 0.1) is 6.10 Å². The van der Waals surface area contributed by atoms with Crippen LogP contribution in [0.15, 0.2) is 0 Å². The van der Waals surface area contributed by atoms with E-state index in [-0.39, 0.29) is 0 Å². The van der Waals surface area contributed by atoms with E-state index in [1.807, 2.05) is 6.92 Å². The maximum absolute atomic E-state index is 5.59. The minimum Gasteiger partial charge on any atom is -0.377 e. The summed E-state index contributed by atoms with van der Waals surface area (Å²) in [7, 11) is 0. The molecule has 74 valence electrons. The molecule has 1 N–H and O–H groups in total. The van der Waals surface area contributed by atoms with E-state index < -0.39 is 0 Å². The van der Waals surface area contributed by atoms with Gasteiger partial charge in [-0.3, -0.25) is 0 Å². The average molecular weight is 181 g/mol. The van der Waals surface area contributed by atoms with Crippen molar-refractivity contribution in [2.45, 2.75) is 38.7 Å². The summed E-state index contributed by atoms with van der Waals surface area (Å²) in [4.78, 5) is 0. The largest absolute Gasteiger partial charge is 0.377 e. The van der Waals surface area contributed by atoms with Gasteiger partial charge in [0.25, 0.3) is 0 Å². The Kier molecular flexibility index (Phi) is 5.64. The van der Waals surface area contributed by atoms with Gasteiger partial charge in [0.1, 0.15) is 0 Å². The van der Waals surface area contributed by atoms with Crippen LogP contribution in [0.5, 0.6) is 0 Å². The summed E-state index contributed by atoms with van der Waals surface area (Å²) < 4.78 is 5.59. The second-order valence-corrected chi connectivity index (χ2v) is 3.37. The smallest absolute Gasteiger partial charge is 0.0699 e. The van der Waals surface area contributed by atoms with Gasteiger partial charge in [0.2, 0.25) is 0 Å². The fourth-order valence-electron chi connectivity index (χ4n) is 1.51. The summed E-state index contributed by atoms with van der Waals surface area (Å²) in [5.74, 6) is 5.92. The Morgan fingerprint density at radius 3 is 3.08 bits per heavy atom. The van der Waals surface area contributed by atoms with Crippen molar-refractivity contribution in [3.05, 3.63) is 0 Å². The third-order valence-corrected chi connectivity index (χ3v) is 2.25. The SMILES string of the molecule is CC#CCCNCC1CCCCO1. The van der Waals surface area contributed by atoms with E-state index in [4.69, 9.17) is 4.74 Å². The quantitative estimate of drug-likeness (QED) is 0.525. The Hall–Kier alpha value is -0.520. The molecule has 0 saturated carbocycles. The van der Waals surface area contributed by atoms with Gasteiger partial charge in [-0.1, -0.05) is 0 Å². The van der Waals surface area contributed by atoms with E-state index in [0.717, 1.165) is 26.1 Å². The predicted octanol–water partition coefficient (Wildman–Crippen LogP) is 1.56. The third-order valence-electron chi connectivity index (χ3n) is 2.25. The topological polar surface area (TPSA) is 21.3 Å². The molecule has 1 rings (SSSR count). The molecule has 1 aliphatic rings. The highest BCUT2D eigenvalue weighted by atomic mass is 16.5. The summed E-state index contributed by atoms with van der Waals surface area (Å²) in [6.07, 6.45) is 5.16. The molecule has 0 amide bonds. The molecule has 1 aliphatic heterocycles. The van der Waals surface area contributed by atoms with Crippen LogP contribution in [-0.2, 0) is 4.74 Å². The average Bonchev–Trinajstić information content (AvgIpc) is 2.19. The highest BCUT2D eigenvalue weighted by Crippen LogP contribution is 2.11. The molecule has 1 heterocycles. The molecule has 0 spiro atoms. The minimum absolute atomic E-state index is 0.448. The Labute approximate surface area is 81.0 Å². The Morgan fingerprint density at radius 2 is 2.38 bits per heavy atom. The van der Waals surface area contributed by atoms with E-state index in [1.165, 1.54) is 19.3 Å². The van der Waals surface area contributed by atoms with Gasteiger partial charge in [0, 0.05) is 26.1 Å². The van der Waals surface area contributed by atoms with Gasteiger partial charge in [-0.25, -0.2) is 0 Å². The Bertz CT molecular complexity index is 174. The molecule has 0 bridgehead atoms. The second-order valence-electron chi connectivity index (χ2n) is 3.37. The van der Waals surface area contributed by atoms with Crippen LogP contribution >= 0.6 is 0 Å². The zero-order valence-electron chi connectivity index (χ0n) is 8.44. The molecule has 2 nitrogen and oxygen atoms in total. The van der Waals surface area contributed by atoms with E-state index in [1.54, 1.807) is 0 Å². The van der Waals surface area contributed by atoms with Crippen molar-refractivity contribution < 1.29 is 4.74 Å². The lowest BCUT2D eigenvalue weighted by Crippen LogP contribution is -2.32. The molecule has 1 atom stereocenters. The van der Waals surface area contributed by atoms with Crippen molar-refractivity contribution in [3.63, 3.8) is 0 Å². The van der Waals surface area contributed by atoms with Gasteiger partial charge >= 0.3 is 0 Å². The van der Waals surface area contributed by atoms with Gasteiger partial charge in [-0.2, -0.15) is 0 Å². The molecule has 1 unspecified atom stereocenters. The van der Waals surface area contributed by atoms with Crippen LogP contribution in [0.1, 0.15) is 32.6 Å². The summed E-state index contributed by atoms with van der Waals surface area (Å²) in [5.41, 5.74) is 0. The maximum atomic E-state index is 5.59. The number of hydrogen-bond donors (Lipinski definition) is 1. The van der Waals surface area contributed by atoms with E-state index in [9.17, 15) is 0 Å². The lowest BCUT2D eigenvalue weighted by atomic mass is 10.1. The van der Waals surface area contributed by atoms with Crippen molar-refractivity contribution in [1.82, 2.24) is 5.32 Å². The van der Waals surface area contributed by atoms with Crippen LogP contribution < -0.4 is 5.32 Å². The first-order valence-corrected chi connectivity index (χ1v) is 5.15. The number of rotatable bonds is 4. The second kappa shape index (κ2) is 6.94. The van der Waals surface area contributed by atoms with Crippen LogP contribution in [0.2, 0.25) is 0 Å². The third kappa shape index (κ3) is 4.92. The van der Waals surface area contributed by atoms with Gasteiger partial charge in [-0.15, -0.1) is 11.8 Å². The molecule has 1 saturated heterocycles. The Morgan fingerprint density at radius 1 is 1.46 bits per heavy atom. The van der Waals surface area contributed by atoms with E-state index in [0.29, 0.717) is 6.10 Å². The van der Waals surface area contributed by atoms with Gasteiger partial charge in [0.15, 0.2) is 0 Å².